The van der Waals surface area contributed by atoms with Crippen molar-refractivity contribution in [2.24, 2.45) is 5.73 Å². The van der Waals surface area contributed by atoms with Gasteiger partial charge in [0, 0.05) is 38.6 Å². The number of carbonyl (C=O) groups excluding carboxylic acids is 1. The Labute approximate surface area is 151 Å². The first-order chi connectivity index (χ1) is 11.8. The van der Waals surface area contributed by atoms with Gasteiger partial charge in [-0.25, -0.2) is 0 Å². The molecule has 2 atom stereocenters. The molecule has 1 fully saturated rings. The summed E-state index contributed by atoms with van der Waals surface area (Å²) in [5.74, 6) is 1.20. The molecule has 1 aromatic carbocycles. The predicted molar refractivity (Wildman–Crippen MR) is 99.6 cm³/mol. The van der Waals surface area contributed by atoms with Crippen molar-refractivity contribution in [3.05, 3.63) is 29.3 Å². The van der Waals surface area contributed by atoms with E-state index in [9.17, 15) is 4.79 Å². The van der Waals surface area contributed by atoms with Gasteiger partial charge in [-0.15, -0.1) is 0 Å². The molecule has 5 nitrogen and oxygen atoms in total. The molecule has 2 aliphatic heterocycles. The summed E-state index contributed by atoms with van der Waals surface area (Å²) in [5.41, 5.74) is 8.55. The Balaban J connectivity index is 1.74. The third-order valence-corrected chi connectivity index (χ3v) is 5.31. The molecule has 5 heteroatoms. The molecular weight excluding hydrogens is 314 g/mol. The van der Waals surface area contributed by atoms with Gasteiger partial charge in [0.15, 0.2) is 0 Å². The lowest BCUT2D eigenvalue weighted by atomic mass is 10.00. The molecule has 25 heavy (non-hydrogen) atoms. The van der Waals surface area contributed by atoms with Crippen LogP contribution >= 0.6 is 0 Å². The van der Waals surface area contributed by atoms with E-state index in [0.717, 1.165) is 44.8 Å². The first-order valence-electron chi connectivity index (χ1n) is 9.42. The molecule has 1 amide bonds. The fourth-order valence-corrected chi connectivity index (χ4v) is 4.11. The zero-order valence-corrected chi connectivity index (χ0v) is 15.9. The number of ether oxygens (including phenoxy) is 1. The van der Waals surface area contributed by atoms with Crippen LogP contribution in [-0.4, -0.2) is 53.0 Å². The van der Waals surface area contributed by atoms with Crippen molar-refractivity contribution in [2.45, 2.75) is 64.8 Å². The van der Waals surface area contributed by atoms with Crippen molar-refractivity contribution in [1.29, 1.82) is 0 Å². The molecule has 3 rings (SSSR count). The number of hydrogen-bond acceptors (Lipinski definition) is 4. The van der Waals surface area contributed by atoms with E-state index in [1.807, 2.05) is 18.7 Å². The van der Waals surface area contributed by atoms with Crippen molar-refractivity contribution in [3.63, 3.8) is 0 Å². The smallest absolute Gasteiger partial charge is 0.239 e. The summed E-state index contributed by atoms with van der Waals surface area (Å²) in [4.78, 5) is 17.0. The first kappa shape index (κ1) is 18.2. The third kappa shape index (κ3) is 3.82. The van der Waals surface area contributed by atoms with Crippen LogP contribution in [-0.2, 0) is 17.8 Å². The molecule has 0 spiro atoms. The molecule has 0 saturated carbocycles. The summed E-state index contributed by atoms with van der Waals surface area (Å²) < 4.78 is 5.96. The van der Waals surface area contributed by atoms with Gasteiger partial charge in [-0.1, -0.05) is 12.1 Å². The molecule has 0 bridgehead atoms. The molecule has 0 radical (unpaired) electrons. The van der Waals surface area contributed by atoms with Crippen molar-refractivity contribution < 1.29 is 9.53 Å². The standard InChI is InChI=1S/C20H31N3O2/c1-5-22(6-2)19(24)17-10-16(21)13-23(17)12-14-7-8-18-15(9-14)11-20(3,4)25-18/h7-9,16-17H,5-6,10-13,21H2,1-4H3/t16-,17-/m0/s1. The highest BCUT2D eigenvalue weighted by Crippen LogP contribution is 2.35. The number of amides is 1. The number of rotatable bonds is 5. The van der Waals surface area contributed by atoms with Crippen molar-refractivity contribution in [3.8, 4) is 5.75 Å². The number of nitrogens with zero attached hydrogens (tertiary/aromatic N) is 2. The van der Waals surface area contributed by atoms with E-state index in [0.29, 0.717) is 0 Å². The number of likely N-dealkylation sites (tertiary alicyclic amines) is 1. The monoisotopic (exact) mass is 345 g/mol. The number of fused-ring (bicyclic) bond motifs is 1. The Bertz CT molecular complexity index is 640. The van der Waals surface area contributed by atoms with Gasteiger partial charge in [-0.3, -0.25) is 9.69 Å². The quantitative estimate of drug-likeness (QED) is 0.888. The zero-order chi connectivity index (χ0) is 18.2. The summed E-state index contributed by atoms with van der Waals surface area (Å²) in [7, 11) is 0. The molecule has 1 aromatic rings. The average molecular weight is 345 g/mol. The largest absolute Gasteiger partial charge is 0.487 e. The van der Waals surface area contributed by atoms with Crippen LogP contribution in [0.4, 0.5) is 0 Å². The van der Waals surface area contributed by atoms with E-state index >= 15 is 0 Å². The van der Waals surface area contributed by atoms with Crippen LogP contribution in [0.5, 0.6) is 5.75 Å². The fraction of sp³-hybridized carbons (Fsp3) is 0.650. The van der Waals surface area contributed by atoms with E-state index in [-0.39, 0.29) is 23.6 Å². The van der Waals surface area contributed by atoms with E-state index in [1.165, 1.54) is 11.1 Å². The van der Waals surface area contributed by atoms with Gasteiger partial charge < -0.3 is 15.4 Å². The number of nitrogens with two attached hydrogens (primary N) is 1. The molecule has 2 N–H and O–H groups in total. The van der Waals surface area contributed by atoms with E-state index < -0.39 is 0 Å². The second-order valence-corrected chi connectivity index (χ2v) is 7.93. The third-order valence-electron chi connectivity index (χ3n) is 5.31. The summed E-state index contributed by atoms with van der Waals surface area (Å²) in [6.07, 6.45) is 1.67. The summed E-state index contributed by atoms with van der Waals surface area (Å²) >= 11 is 0. The molecule has 2 aliphatic rings. The Kier molecular flexibility index (Phi) is 5.07. The fourth-order valence-electron chi connectivity index (χ4n) is 4.11. The van der Waals surface area contributed by atoms with Gasteiger partial charge in [0.25, 0.3) is 0 Å². The highest BCUT2D eigenvalue weighted by molar-refractivity contribution is 5.82. The van der Waals surface area contributed by atoms with Crippen LogP contribution < -0.4 is 10.5 Å². The minimum Gasteiger partial charge on any atom is -0.487 e. The molecule has 0 aromatic heterocycles. The predicted octanol–water partition coefficient (Wildman–Crippen LogP) is 2.17. The highest BCUT2D eigenvalue weighted by Gasteiger charge is 2.37. The molecule has 2 heterocycles. The minimum atomic E-state index is -0.127. The summed E-state index contributed by atoms with van der Waals surface area (Å²) in [6, 6.07) is 6.38. The van der Waals surface area contributed by atoms with Gasteiger partial charge in [-0.05, 0) is 51.3 Å². The number of likely N-dealkylation sites (N-methyl/N-ethyl adjacent to an activating group) is 1. The molecule has 0 aliphatic carbocycles. The lowest BCUT2D eigenvalue weighted by Gasteiger charge is -2.28. The van der Waals surface area contributed by atoms with Crippen LogP contribution in [0.15, 0.2) is 18.2 Å². The highest BCUT2D eigenvalue weighted by atomic mass is 16.5. The Morgan fingerprint density at radius 3 is 2.76 bits per heavy atom. The number of carbonyl (C=O) groups is 1. The van der Waals surface area contributed by atoms with E-state index in [2.05, 4.69) is 36.9 Å². The van der Waals surface area contributed by atoms with Crippen LogP contribution in [0, 0.1) is 0 Å². The minimum absolute atomic E-state index is 0.0706. The van der Waals surface area contributed by atoms with Crippen LogP contribution in [0.3, 0.4) is 0 Å². The van der Waals surface area contributed by atoms with Gasteiger partial charge in [-0.2, -0.15) is 0 Å². The topological polar surface area (TPSA) is 58.8 Å². The summed E-state index contributed by atoms with van der Waals surface area (Å²) in [6.45, 7) is 11.3. The maximum Gasteiger partial charge on any atom is 0.239 e. The maximum absolute atomic E-state index is 12.8. The van der Waals surface area contributed by atoms with E-state index in [1.54, 1.807) is 0 Å². The second-order valence-electron chi connectivity index (χ2n) is 7.93. The molecule has 0 unspecified atom stereocenters. The molecular formula is C20H31N3O2. The Morgan fingerprint density at radius 2 is 2.08 bits per heavy atom. The van der Waals surface area contributed by atoms with Crippen LogP contribution in [0.25, 0.3) is 0 Å². The lowest BCUT2D eigenvalue weighted by Crippen LogP contribution is -2.45. The Hall–Kier alpha value is -1.59. The molecule has 1 saturated heterocycles. The first-order valence-corrected chi connectivity index (χ1v) is 9.42. The van der Waals surface area contributed by atoms with Crippen LogP contribution in [0.2, 0.25) is 0 Å². The van der Waals surface area contributed by atoms with Gasteiger partial charge in [0.1, 0.15) is 11.4 Å². The zero-order valence-electron chi connectivity index (χ0n) is 15.9. The maximum atomic E-state index is 12.8. The Morgan fingerprint density at radius 1 is 1.36 bits per heavy atom. The van der Waals surface area contributed by atoms with Crippen molar-refractivity contribution >= 4 is 5.91 Å². The number of benzene rings is 1. The van der Waals surface area contributed by atoms with Crippen molar-refractivity contribution in [1.82, 2.24) is 9.80 Å². The summed E-state index contributed by atoms with van der Waals surface area (Å²) in [5, 5.41) is 0. The SMILES string of the molecule is CCN(CC)C(=O)[C@@H]1C[C@H](N)CN1Cc1ccc2c(c1)CC(C)(C)O2. The van der Waals surface area contributed by atoms with Crippen molar-refractivity contribution in [2.75, 3.05) is 19.6 Å². The van der Waals surface area contributed by atoms with Gasteiger partial charge in [0.05, 0.1) is 6.04 Å². The normalized spacial score (nSPS) is 24.8. The van der Waals surface area contributed by atoms with Gasteiger partial charge in [0.2, 0.25) is 5.91 Å². The number of hydrogen-bond donors (Lipinski definition) is 1. The molecule has 138 valence electrons. The van der Waals surface area contributed by atoms with Gasteiger partial charge >= 0.3 is 0 Å². The average Bonchev–Trinajstić information content (AvgIpc) is 3.05. The van der Waals surface area contributed by atoms with E-state index in [4.69, 9.17) is 10.5 Å². The van der Waals surface area contributed by atoms with Crippen LogP contribution in [0.1, 0.15) is 45.2 Å². The lowest BCUT2D eigenvalue weighted by molar-refractivity contribution is -0.135. The second kappa shape index (κ2) is 6.96.